The fraction of sp³-hybridized carbons (Fsp3) is 0.818. The smallest absolute Gasteiger partial charge is 0.138 e. The molecular weight excluding hydrogens is 188 g/mol. The van der Waals surface area contributed by atoms with Crippen molar-refractivity contribution in [2.45, 2.75) is 39.7 Å². The van der Waals surface area contributed by atoms with E-state index < -0.39 is 0 Å². The van der Waals surface area contributed by atoms with Crippen LogP contribution in [-0.4, -0.2) is 27.4 Å². The van der Waals surface area contributed by atoms with Crippen molar-refractivity contribution in [1.82, 2.24) is 20.1 Å². The van der Waals surface area contributed by atoms with Crippen molar-refractivity contribution in [3.05, 3.63) is 12.2 Å². The molecule has 1 heterocycles. The second-order valence-corrected chi connectivity index (χ2v) is 4.39. The number of likely N-dealkylation sites (N-methyl/N-ethyl adjacent to an activating group) is 1. The van der Waals surface area contributed by atoms with Crippen molar-refractivity contribution in [2.75, 3.05) is 6.54 Å². The lowest BCUT2D eigenvalue weighted by Gasteiger charge is -2.19. The van der Waals surface area contributed by atoms with Gasteiger partial charge >= 0.3 is 0 Å². The zero-order valence-corrected chi connectivity index (χ0v) is 10.2. The lowest BCUT2D eigenvalue weighted by Crippen LogP contribution is -2.33. The highest BCUT2D eigenvalue weighted by atomic mass is 15.3. The highest BCUT2D eigenvalue weighted by Crippen LogP contribution is 2.08. The summed E-state index contributed by atoms with van der Waals surface area (Å²) in [6.07, 6.45) is 3.76. The maximum Gasteiger partial charge on any atom is 0.138 e. The van der Waals surface area contributed by atoms with Crippen LogP contribution in [0, 0.1) is 5.92 Å². The number of nitrogens with one attached hydrogen (secondary N) is 1. The van der Waals surface area contributed by atoms with Gasteiger partial charge in [0.25, 0.3) is 0 Å². The van der Waals surface area contributed by atoms with Gasteiger partial charge in [0.15, 0.2) is 0 Å². The number of aromatic nitrogens is 3. The molecule has 0 aliphatic rings. The van der Waals surface area contributed by atoms with E-state index in [2.05, 4.69) is 36.2 Å². The topological polar surface area (TPSA) is 42.7 Å². The number of nitrogens with zero attached hydrogens (tertiary/aromatic N) is 3. The SMILES string of the molecule is CCNC(Cc1ncnn1C)CC(C)C. The Morgan fingerprint density at radius 3 is 2.67 bits per heavy atom. The highest BCUT2D eigenvalue weighted by Gasteiger charge is 2.13. The Balaban J connectivity index is 2.54. The second kappa shape index (κ2) is 5.85. The quantitative estimate of drug-likeness (QED) is 0.771. The van der Waals surface area contributed by atoms with E-state index in [0.29, 0.717) is 12.0 Å². The maximum absolute atomic E-state index is 4.26. The van der Waals surface area contributed by atoms with Crippen LogP contribution in [0.4, 0.5) is 0 Å². The van der Waals surface area contributed by atoms with Gasteiger partial charge in [-0.2, -0.15) is 5.10 Å². The van der Waals surface area contributed by atoms with Crippen LogP contribution in [0.15, 0.2) is 6.33 Å². The molecule has 4 heteroatoms. The van der Waals surface area contributed by atoms with E-state index in [1.54, 1.807) is 6.33 Å². The van der Waals surface area contributed by atoms with E-state index in [4.69, 9.17) is 0 Å². The molecule has 0 amide bonds. The molecule has 0 spiro atoms. The molecule has 0 aliphatic heterocycles. The van der Waals surface area contributed by atoms with Crippen LogP contribution in [0.1, 0.15) is 33.0 Å². The zero-order valence-electron chi connectivity index (χ0n) is 10.2. The standard InChI is InChI=1S/C11H22N4/c1-5-12-10(6-9(2)3)7-11-13-8-14-15(11)4/h8-10,12H,5-7H2,1-4H3. The van der Waals surface area contributed by atoms with E-state index >= 15 is 0 Å². The van der Waals surface area contributed by atoms with Crippen molar-refractivity contribution in [2.24, 2.45) is 13.0 Å². The first-order chi connectivity index (χ1) is 7.13. The van der Waals surface area contributed by atoms with Gasteiger partial charge in [-0.1, -0.05) is 20.8 Å². The van der Waals surface area contributed by atoms with E-state index in [1.807, 2.05) is 11.7 Å². The van der Waals surface area contributed by atoms with Crippen LogP contribution >= 0.6 is 0 Å². The summed E-state index contributed by atoms with van der Waals surface area (Å²) in [5, 5.41) is 7.59. The molecule has 0 aromatic carbocycles. The molecule has 0 bridgehead atoms. The molecule has 1 N–H and O–H groups in total. The number of rotatable bonds is 6. The molecule has 1 aromatic rings. The van der Waals surface area contributed by atoms with Crippen LogP contribution in [0.5, 0.6) is 0 Å². The van der Waals surface area contributed by atoms with Gasteiger partial charge in [-0.05, 0) is 18.9 Å². The molecule has 1 aromatic heterocycles. The van der Waals surface area contributed by atoms with Crippen LogP contribution in [-0.2, 0) is 13.5 Å². The van der Waals surface area contributed by atoms with Crippen molar-refractivity contribution in [3.8, 4) is 0 Å². The summed E-state index contributed by atoms with van der Waals surface area (Å²) in [5.41, 5.74) is 0. The fourth-order valence-corrected chi connectivity index (χ4v) is 1.82. The maximum atomic E-state index is 4.26. The van der Waals surface area contributed by atoms with Gasteiger partial charge in [0.2, 0.25) is 0 Å². The summed E-state index contributed by atoms with van der Waals surface area (Å²) >= 11 is 0. The van der Waals surface area contributed by atoms with Gasteiger partial charge < -0.3 is 5.32 Å². The predicted molar refractivity (Wildman–Crippen MR) is 61.6 cm³/mol. The minimum atomic E-state index is 0.512. The lowest BCUT2D eigenvalue weighted by molar-refractivity contribution is 0.413. The molecule has 0 radical (unpaired) electrons. The summed E-state index contributed by atoms with van der Waals surface area (Å²) in [4.78, 5) is 4.26. The number of hydrogen-bond acceptors (Lipinski definition) is 3. The molecule has 0 fully saturated rings. The van der Waals surface area contributed by atoms with Crippen molar-refractivity contribution >= 4 is 0 Å². The van der Waals surface area contributed by atoms with Gasteiger partial charge in [0.1, 0.15) is 12.2 Å². The zero-order chi connectivity index (χ0) is 11.3. The average molecular weight is 210 g/mol. The molecule has 1 unspecified atom stereocenters. The third kappa shape index (κ3) is 4.00. The Bertz CT molecular complexity index is 280. The first kappa shape index (κ1) is 12.2. The van der Waals surface area contributed by atoms with Gasteiger partial charge in [-0.25, -0.2) is 4.98 Å². The Hall–Kier alpha value is -0.900. The third-order valence-electron chi connectivity index (χ3n) is 2.48. The van der Waals surface area contributed by atoms with Gasteiger partial charge in [-0.3, -0.25) is 4.68 Å². The molecule has 4 nitrogen and oxygen atoms in total. The third-order valence-corrected chi connectivity index (χ3v) is 2.48. The molecule has 15 heavy (non-hydrogen) atoms. The van der Waals surface area contributed by atoms with Crippen molar-refractivity contribution in [3.63, 3.8) is 0 Å². The predicted octanol–water partition coefficient (Wildman–Crippen LogP) is 1.38. The average Bonchev–Trinajstić information content (AvgIpc) is 2.51. The highest BCUT2D eigenvalue weighted by molar-refractivity contribution is 4.89. The van der Waals surface area contributed by atoms with Crippen LogP contribution < -0.4 is 5.32 Å². The van der Waals surface area contributed by atoms with Crippen LogP contribution in [0.25, 0.3) is 0 Å². The Morgan fingerprint density at radius 2 is 2.20 bits per heavy atom. The second-order valence-electron chi connectivity index (χ2n) is 4.39. The van der Waals surface area contributed by atoms with Crippen molar-refractivity contribution in [1.29, 1.82) is 0 Å². The summed E-state index contributed by atoms with van der Waals surface area (Å²) < 4.78 is 1.85. The normalized spacial score (nSPS) is 13.4. The fourth-order valence-electron chi connectivity index (χ4n) is 1.82. The van der Waals surface area contributed by atoms with Gasteiger partial charge in [0.05, 0.1) is 0 Å². The van der Waals surface area contributed by atoms with E-state index in [1.165, 1.54) is 6.42 Å². The summed E-state index contributed by atoms with van der Waals surface area (Å²) in [7, 11) is 1.95. The molecule has 86 valence electrons. The van der Waals surface area contributed by atoms with E-state index in [0.717, 1.165) is 18.8 Å². The molecule has 0 aliphatic carbocycles. The number of hydrogen-bond donors (Lipinski definition) is 1. The Labute approximate surface area is 92.1 Å². The minimum absolute atomic E-state index is 0.512. The summed E-state index contributed by atoms with van der Waals surface area (Å²) in [5.74, 6) is 1.77. The molecule has 1 atom stereocenters. The first-order valence-electron chi connectivity index (χ1n) is 5.69. The minimum Gasteiger partial charge on any atom is -0.314 e. The van der Waals surface area contributed by atoms with E-state index in [9.17, 15) is 0 Å². The van der Waals surface area contributed by atoms with Crippen LogP contribution in [0.2, 0.25) is 0 Å². The molecule has 1 rings (SSSR count). The Morgan fingerprint density at radius 1 is 1.47 bits per heavy atom. The Kier molecular flexibility index (Phi) is 4.75. The van der Waals surface area contributed by atoms with Crippen molar-refractivity contribution < 1.29 is 0 Å². The largest absolute Gasteiger partial charge is 0.314 e. The van der Waals surface area contributed by atoms with Crippen LogP contribution in [0.3, 0.4) is 0 Å². The molecule has 0 saturated carbocycles. The summed E-state index contributed by atoms with van der Waals surface area (Å²) in [6.45, 7) is 7.65. The monoisotopic (exact) mass is 210 g/mol. The molecular formula is C11H22N4. The lowest BCUT2D eigenvalue weighted by atomic mass is 10.0. The number of aryl methyl sites for hydroxylation is 1. The molecule has 0 saturated heterocycles. The first-order valence-corrected chi connectivity index (χ1v) is 5.69. The van der Waals surface area contributed by atoms with Gasteiger partial charge in [-0.15, -0.1) is 0 Å². The van der Waals surface area contributed by atoms with E-state index in [-0.39, 0.29) is 0 Å². The van der Waals surface area contributed by atoms with Gasteiger partial charge in [0, 0.05) is 19.5 Å². The summed E-state index contributed by atoms with van der Waals surface area (Å²) in [6, 6.07) is 0.512.